The number of hydrazine groups is 1. The van der Waals surface area contributed by atoms with Gasteiger partial charge in [0.25, 0.3) is 0 Å². The molecule has 0 aliphatic rings. The number of rotatable bonds is 2. The molecular formula is C9H9F3N3S+. The maximum absolute atomic E-state index is 12.5. The van der Waals surface area contributed by atoms with Gasteiger partial charge in [-0.25, -0.2) is 0 Å². The van der Waals surface area contributed by atoms with Gasteiger partial charge in [-0.15, -0.1) is 10.5 Å². The molecule has 3 nitrogen and oxygen atoms in total. The number of hydrazone groups is 1. The molecule has 0 saturated carbocycles. The molecule has 16 heavy (non-hydrogen) atoms. The summed E-state index contributed by atoms with van der Waals surface area (Å²) in [6.07, 6.45) is -3.25. The van der Waals surface area contributed by atoms with Crippen molar-refractivity contribution in [1.29, 1.82) is 0 Å². The van der Waals surface area contributed by atoms with Crippen molar-refractivity contribution in [3.05, 3.63) is 35.4 Å². The number of nitrogens with two attached hydrogens (primary N) is 1. The highest BCUT2D eigenvalue weighted by molar-refractivity contribution is 7.80. The zero-order valence-corrected chi connectivity index (χ0v) is 8.82. The third kappa shape index (κ3) is 3.50. The highest BCUT2D eigenvalue weighted by Gasteiger charge is 2.33. The molecule has 0 aliphatic carbocycles. The molecule has 0 heterocycles. The van der Waals surface area contributed by atoms with Gasteiger partial charge < -0.3 is 5.73 Å². The van der Waals surface area contributed by atoms with E-state index in [-0.39, 0.29) is 10.7 Å². The van der Waals surface area contributed by atoms with Crippen LogP contribution in [-0.4, -0.2) is 11.3 Å². The summed E-state index contributed by atoms with van der Waals surface area (Å²) >= 11 is 4.48. The molecule has 0 unspecified atom stereocenters. The quantitative estimate of drug-likeness (QED) is 0.391. The van der Waals surface area contributed by atoms with E-state index in [4.69, 9.17) is 5.73 Å². The van der Waals surface area contributed by atoms with Gasteiger partial charge in [-0.2, -0.15) is 13.2 Å². The predicted molar refractivity (Wildman–Crippen MR) is 57.5 cm³/mol. The summed E-state index contributed by atoms with van der Waals surface area (Å²) < 4.78 is 37.5. The first-order chi connectivity index (χ1) is 7.41. The summed E-state index contributed by atoms with van der Waals surface area (Å²) in [5.74, 6) is 0. The highest BCUT2D eigenvalue weighted by Crippen LogP contribution is 2.30. The van der Waals surface area contributed by atoms with E-state index < -0.39 is 11.7 Å². The average molecular weight is 248 g/mol. The standard InChI is InChI=1S/C9H8F3N3S/c10-9(11,12)7-4-2-1-3-6(7)5-14-15-8(13)16/h1-5H,(H3,13,15,16)/p+1. The van der Waals surface area contributed by atoms with Crippen molar-refractivity contribution < 1.29 is 18.3 Å². The van der Waals surface area contributed by atoms with Crippen molar-refractivity contribution in [2.24, 2.45) is 5.73 Å². The summed E-state index contributed by atoms with van der Waals surface area (Å²) in [6.45, 7) is 0. The summed E-state index contributed by atoms with van der Waals surface area (Å²) in [4.78, 5) is 0. The van der Waals surface area contributed by atoms with Crippen LogP contribution in [0.5, 0.6) is 0 Å². The largest absolute Gasteiger partial charge is 0.417 e. The van der Waals surface area contributed by atoms with Gasteiger partial charge in [-0.3, -0.25) is 0 Å². The van der Waals surface area contributed by atoms with E-state index in [1.54, 1.807) is 0 Å². The highest BCUT2D eigenvalue weighted by atomic mass is 32.1. The lowest BCUT2D eigenvalue weighted by Gasteiger charge is -2.07. The van der Waals surface area contributed by atoms with Crippen molar-refractivity contribution in [2.45, 2.75) is 6.18 Å². The van der Waals surface area contributed by atoms with E-state index in [0.717, 1.165) is 12.3 Å². The van der Waals surface area contributed by atoms with Gasteiger partial charge in [0, 0.05) is 0 Å². The lowest BCUT2D eigenvalue weighted by molar-refractivity contribution is -0.499. The van der Waals surface area contributed by atoms with E-state index in [1.165, 1.54) is 18.2 Å². The van der Waals surface area contributed by atoms with Crippen LogP contribution >= 0.6 is 12.2 Å². The molecule has 0 saturated heterocycles. The normalized spacial score (nSPS) is 11.7. The Balaban J connectivity index is 2.96. The Labute approximate surface area is 95.1 Å². The maximum atomic E-state index is 12.5. The van der Waals surface area contributed by atoms with Crippen molar-refractivity contribution in [2.75, 3.05) is 0 Å². The molecule has 0 spiro atoms. The van der Waals surface area contributed by atoms with E-state index in [9.17, 15) is 13.2 Å². The van der Waals surface area contributed by atoms with Gasteiger partial charge in [-0.05, 0) is 24.4 Å². The minimum Gasteiger partial charge on any atom is -0.372 e. The van der Waals surface area contributed by atoms with Crippen LogP contribution in [0, 0.1) is 0 Å². The number of thiocarbonyl (C=S) groups is 1. The van der Waals surface area contributed by atoms with Crippen LogP contribution in [-0.2, 0) is 6.18 Å². The minimum atomic E-state index is -4.39. The molecule has 0 amide bonds. The van der Waals surface area contributed by atoms with Crippen LogP contribution in [0.15, 0.2) is 24.3 Å². The van der Waals surface area contributed by atoms with Gasteiger partial charge in [-0.1, -0.05) is 12.1 Å². The van der Waals surface area contributed by atoms with E-state index in [1.807, 2.05) is 0 Å². The first-order valence-electron chi connectivity index (χ1n) is 4.21. The Hall–Kier alpha value is -1.63. The Morgan fingerprint density at radius 2 is 2.00 bits per heavy atom. The lowest BCUT2D eigenvalue weighted by Crippen LogP contribution is -2.82. The molecule has 0 aliphatic heterocycles. The van der Waals surface area contributed by atoms with Crippen LogP contribution in [0.3, 0.4) is 0 Å². The summed E-state index contributed by atoms with van der Waals surface area (Å²) in [6, 6.07) is 5.15. The molecule has 0 fully saturated rings. The second-order valence-corrected chi connectivity index (χ2v) is 3.30. The zero-order valence-electron chi connectivity index (χ0n) is 8.01. The van der Waals surface area contributed by atoms with E-state index in [0.29, 0.717) is 0 Å². The lowest BCUT2D eigenvalue weighted by atomic mass is 10.1. The number of alkyl halides is 3. The van der Waals surface area contributed by atoms with Gasteiger partial charge in [0.1, 0.15) is 0 Å². The number of nitrogens with one attached hydrogen (secondary N) is 2. The second kappa shape index (κ2) is 4.93. The molecule has 0 bridgehead atoms. The molecule has 7 heteroatoms. The topological polar surface area (TPSA) is 52.0 Å². The van der Waals surface area contributed by atoms with Crippen molar-refractivity contribution in [1.82, 2.24) is 5.43 Å². The predicted octanol–water partition coefficient (Wildman–Crippen LogP) is -0.0469. The van der Waals surface area contributed by atoms with Crippen LogP contribution < -0.4 is 16.3 Å². The first kappa shape index (κ1) is 12.4. The number of hydrogen-bond donors (Lipinski definition) is 3. The summed E-state index contributed by atoms with van der Waals surface area (Å²) in [7, 11) is 0. The smallest absolute Gasteiger partial charge is 0.372 e. The number of benzene rings is 1. The zero-order chi connectivity index (χ0) is 12.2. The average Bonchev–Trinajstić information content (AvgIpc) is 2.16. The third-order valence-corrected chi connectivity index (χ3v) is 1.79. The van der Waals surface area contributed by atoms with Crippen molar-refractivity contribution in [3.63, 3.8) is 0 Å². The van der Waals surface area contributed by atoms with Gasteiger partial charge >= 0.3 is 6.18 Å². The van der Waals surface area contributed by atoms with E-state index in [2.05, 4.69) is 22.7 Å². The molecule has 86 valence electrons. The fraction of sp³-hybridized carbons (Fsp3) is 0.111. The minimum absolute atomic E-state index is 0.00116. The fourth-order valence-corrected chi connectivity index (χ4v) is 1.12. The molecule has 0 aromatic heterocycles. The Morgan fingerprint density at radius 3 is 2.56 bits per heavy atom. The molecule has 1 aromatic carbocycles. The molecule has 4 N–H and O–H groups in total. The Morgan fingerprint density at radius 1 is 1.38 bits per heavy atom. The second-order valence-electron chi connectivity index (χ2n) is 2.86. The fourth-order valence-electron chi connectivity index (χ4n) is 1.07. The van der Waals surface area contributed by atoms with Crippen LogP contribution in [0.1, 0.15) is 11.1 Å². The number of hydrogen-bond acceptors (Lipinski definition) is 1. The SMILES string of the molecule is NC(=S)N[NH+]=Cc1ccccc1C(F)(F)F. The molecule has 0 radical (unpaired) electrons. The van der Waals surface area contributed by atoms with Crippen molar-refractivity contribution in [3.8, 4) is 0 Å². The molecule has 0 atom stereocenters. The number of halogens is 3. The van der Waals surface area contributed by atoms with Crippen molar-refractivity contribution >= 4 is 23.5 Å². The molecular weight excluding hydrogens is 239 g/mol. The van der Waals surface area contributed by atoms with E-state index >= 15 is 0 Å². The summed E-state index contributed by atoms with van der Waals surface area (Å²) in [5.41, 5.74) is 6.67. The van der Waals surface area contributed by atoms with Gasteiger partial charge in [0.2, 0.25) is 5.11 Å². The maximum Gasteiger partial charge on any atom is 0.417 e. The third-order valence-electron chi connectivity index (χ3n) is 1.69. The van der Waals surface area contributed by atoms with Crippen LogP contribution in [0.4, 0.5) is 13.2 Å². The van der Waals surface area contributed by atoms with Gasteiger partial charge in [0.15, 0.2) is 6.21 Å². The van der Waals surface area contributed by atoms with Crippen LogP contribution in [0.2, 0.25) is 0 Å². The van der Waals surface area contributed by atoms with Crippen LogP contribution in [0.25, 0.3) is 0 Å². The monoisotopic (exact) mass is 248 g/mol. The first-order valence-corrected chi connectivity index (χ1v) is 4.62. The molecule has 1 aromatic rings. The van der Waals surface area contributed by atoms with Gasteiger partial charge in [0.05, 0.1) is 11.1 Å². The molecule has 1 rings (SSSR count). The Bertz CT molecular complexity index is 415. The Kier molecular flexibility index (Phi) is 3.83. The summed E-state index contributed by atoms with van der Waals surface area (Å²) in [5, 5.41) is 2.32.